The molecule has 4 N–H and O–H groups in total. The number of nitrogens with zero attached hydrogens (tertiary/aromatic N) is 1. The molecule has 0 unspecified atom stereocenters. The fourth-order valence-corrected chi connectivity index (χ4v) is 4.47. The highest BCUT2D eigenvalue weighted by atomic mass is 32.1. The summed E-state index contributed by atoms with van der Waals surface area (Å²) in [5, 5.41) is 5.30. The van der Waals surface area contributed by atoms with Crippen molar-refractivity contribution in [3.05, 3.63) is 116 Å². The molecule has 0 radical (unpaired) electrons. The number of nitrogens with one attached hydrogen (secondary N) is 2. The number of carbonyl (C=O) groups excluding carboxylic acids is 1. The maximum atomic E-state index is 12.8. The van der Waals surface area contributed by atoms with Crippen molar-refractivity contribution in [1.82, 2.24) is 9.55 Å². The summed E-state index contributed by atoms with van der Waals surface area (Å²) >= 11 is 1.61. The highest BCUT2D eigenvalue weighted by molar-refractivity contribution is 7.13. The topological polar surface area (TPSA) is 110 Å². The van der Waals surface area contributed by atoms with Crippen molar-refractivity contribution in [3.63, 3.8) is 0 Å². The normalized spacial score (nSPS) is 10.9. The van der Waals surface area contributed by atoms with Crippen molar-refractivity contribution in [2.45, 2.75) is 6.54 Å². The zero-order valence-electron chi connectivity index (χ0n) is 17.9. The first-order chi connectivity index (χ1) is 16.5. The Bertz CT molecular complexity index is 1620. The second-order valence-corrected chi connectivity index (χ2v) is 8.75. The highest BCUT2D eigenvalue weighted by Crippen LogP contribution is 2.30. The SMILES string of the molecule is Nc1ccc(-c2cccs2)cc1NC(=O)c1ccc(Cn2c(=O)[nH]c3ccccc3c2=O)cc1. The Balaban J connectivity index is 1.36. The number of aromatic nitrogens is 2. The highest BCUT2D eigenvalue weighted by Gasteiger charge is 2.12. The first-order valence-electron chi connectivity index (χ1n) is 10.5. The van der Waals surface area contributed by atoms with Gasteiger partial charge in [0.05, 0.1) is 28.8 Å². The summed E-state index contributed by atoms with van der Waals surface area (Å²) in [6.45, 7) is 0.0940. The molecule has 0 bridgehead atoms. The Labute approximate surface area is 198 Å². The molecule has 0 atom stereocenters. The van der Waals surface area contributed by atoms with E-state index in [1.807, 2.05) is 29.6 Å². The van der Waals surface area contributed by atoms with Crippen molar-refractivity contribution in [2.24, 2.45) is 0 Å². The molecule has 0 saturated heterocycles. The van der Waals surface area contributed by atoms with Crippen LogP contribution < -0.4 is 22.3 Å². The fourth-order valence-electron chi connectivity index (χ4n) is 3.74. The summed E-state index contributed by atoms with van der Waals surface area (Å²) in [6.07, 6.45) is 0. The van der Waals surface area contributed by atoms with Gasteiger partial charge in [0.1, 0.15) is 0 Å². The number of H-pyrrole nitrogens is 1. The van der Waals surface area contributed by atoms with Gasteiger partial charge in [-0.3, -0.25) is 14.2 Å². The second kappa shape index (κ2) is 8.84. The number of nitrogen functional groups attached to an aromatic ring is 1. The molecular weight excluding hydrogens is 448 g/mol. The van der Waals surface area contributed by atoms with E-state index in [2.05, 4.69) is 10.3 Å². The average molecular weight is 469 g/mol. The van der Waals surface area contributed by atoms with Crippen molar-refractivity contribution >= 4 is 39.5 Å². The van der Waals surface area contributed by atoms with Gasteiger partial charge in [-0.1, -0.05) is 36.4 Å². The molecule has 0 fully saturated rings. The van der Waals surface area contributed by atoms with E-state index in [4.69, 9.17) is 5.73 Å². The van der Waals surface area contributed by atoms with Crippen LogP contribution in [-0.4, -0.2) is 15.5 Å². The van der Waals surface area contributed by atoms with E-state index >= 15 is 0 Å². The number of para-hydroxylation sites is 1. The van der Waals surface area contributed by atoms with Crippen LogP contribution in [0, 0.1) is 0 Å². The largest absolute Gasteiger partial charge is 0.397 e. The predicted molar refractivity (Wildman–Crippen MR) is 136 cm³/mol. The number of benzene rings is 3. The van der Waals surface area contributed by atoms with Gasteiger partial charge in [-0.2, -0.15) is 0 Å². The smallest absolute Gasteiger partial charge is 0.329 e. The summed E-state index contributed by atoms with van der Waals surface area (Å²) in [6, 6.07) is 23.2. The van der Waals surface area contributed by atoms with Crippen molar-refractivity contribution in [2.75, 3.05) is 11.1 Å². The number of fused-ring (bicyclic) bond motifs is 1. The lowest BCUT2D eigenvalue weighted by molar-refractivity contribution is 0.102. The third-order valence-corrected chi connectivity index (χ3v) is 6.47. The predicted octanol–water partition coefficient (Wildman–Crippen LogP) is 4.30. The molecule has 1 amide bonds. The molecule has 168 valence electrons. The number of aromatic amines is 1. The molecule has 0 spiro atoms. The molecule has 3 aromatic carbocycles. The summed E-state index contributed by atoms with van der Waals surface area (Å²) in [5.74, 6) is -0.303. The van der Waals surface area contributed by atoms with Crippen LogP contribution in [0.25, 0.3) is 21.3 Å². The van der Waals surface area contributed by atoms with E-state index in [9.17, 15) is 14.4 Å². The number of hydrogen-bond donors (Lipinski definition) is 3. The van der Waals surface area contributed by atoms with E-state index < -0.39 is 5.69 Å². The van der Waals surface area contributed by atoms with Crippen LogP contribution >= 0.6 is 11.3 Å². The van der Waals surface area contributed by atoms with Crippen LogP contribution in [0.1, 0.15) is 15.9 Å². The Morgan fingerprint density at radius 1 is 0.971 bits per heavy atom. The van der Waals surface area contributed by atoms with Gasteiger partial charge in [-0.25, -0.2) is 4.79 Å². The van der Waals surface area contributed by atoms with Crippen LogP contribution in [0.4, 0.5) is 11.4 Å². The number of carbonyl (C=O) groups is 1. The molecule has 7 nitrogen and oxygen atoms in total. The molecule has 34 heavy (non-hydrogen) atoms. The van der Waals surface area contributed by atoms with Crippen molar-refractivity contribution in [1.29, 1.82) is 0 Å². The lowest BCUT2D eigenvalue weighted by Gasteiger charge is -2.11. The number of anilines is 2. The number of nitrogens with two attached hydrogens (primary N) is 1. The van der Waals surface area contributed by atoms with Gasteiger partial charge in [0.2, 0.25) is 0 Å². The summed E-state index contributed by atoms with van der Waals surface area (Å²) in [7, 11) is 0. The molecule has 0 aliphatic carbocycles. The number of thiophene rings is 1. The zero-order chi connectivity index (χ0) is 23.7. The molecule has 2 heterocycles. The summed E-state index contributed by atoms with van der Waals surface area (Å²) in [5.41, 5.74) is 8.87. The maximum absolute atomic E-state index is 12.8. The molecule has 5 rings (SSSR count). The first-order valence-corrected chi connectivity index (χ1v) is 11.4. The Morgan fingerprint density at radius 2 is 1.76 bits per heavy atom. The number of amides is 1. The van der Waals surface area contributed by atoms with E-state index in [0.29, 0.717) is 27.8 Å². The molecule has 0 saturated carbocycles. The van der Waals surface area contributed by atoms with Crippen LogP contribution in [0.5, 0.6) is 0 Å². The Morgan fingerprint density at radius 3 is 2.53 bits per heavy atom. The third kappa shape index (κ3) is 4.14. The molecule has 8 heteroatoms. The summed E-state index contributed by atoms with van der Waals surface area (Å²) < 4.78 is 1.15. The van der Waals surface area contributed by atoms with E-state index in [1.165, 1.54) is 0 Å². The quantitative estimate of drug-likeness (QED) is 0.334. The minimum atomic E-state index is -0.480. The van der Waals surface area contributed by atoms with Gasteiger partial charge in [-0.15, -0.1) is 11.3 Å². The van der Waals surface area contributed by atoms with Crippen LogP contribution in [0.15, 0.2) is 93.8 Å². The maximum Gasteiger partial charge on any atom is 0.329 e. The van der Waals surface area contributed by atoms with Crippen LogP contribution in [0.3, 0.4) is 0 Å². The van der Waals surface area contributed by atoms with E-state index in [1.54, 1.807) is 65.9 Å². The van der Waals surface area contributed by atoms with Crippen molar-refractivity contribution in [3.8, 4) is 10.4 Å². The van der Waals surface area contributed by atoms with Crippen LogP contribution in [0.2, 0.25) is 0 Å². The van der Waals surface area contributed by atoms with Gasteiger partial charge < -0.3 is 16.0 Å². The van der Waals surface area contributed by atoms with Gasteiger partial charge in [0.25, 0.3) is 11.5 Å². The molecule has 0 aliphatic heterocycles. The molecule has 5 aromatic rings. The second-order valence-electron chi connectivity index (χ2n) is 7.80. The molecular formula is C26H20N4O3S. The Kier molecular flexibility index (Phi) is 5.57. The molecule has 2 aromatic heterocycles. The van der Waals surface area contributed by atoms with Crippen molar-refractivity contribution < 1.29 is 4.79 Å². The van der Waals surface area contributed by atoms with Gasteiger partial charge in [0.15, 0.2) is 0 Å². The minimum Gasteiger partial charge on any atom is -0.397 e. The monoisotopic (exact) mass is 468 g/mol. The lowest BCUT2D eigenvalue weighted by atomic mass is 10.1. The third-order valence-electron chi connectivity index (χ3n) is 5.55. The first kappa shape index (κ1) is 21.4. The zero-order valence-corrected chi connectivity index (χ0v) is 18.8. The van der Waals surface area contributed by atoms with E-state index in [-0.39, 0.29) is 18.0 Å². The number of rotatable bonds is 5. The van der Waals surface area contributed by atoms with Gasteiger partial charge >= 0.3 is 5.69 Å². The Hall–Kier alpha value is -4.43. The fraction of sp³-hybridized carbons (Fsp3) is 0.0385. The standard InChI is InChI=1S/C26H20N4O3S/c27-20-12-11-18(23-6-3-13-34-23)14-22(20)28-24(31)17-9-7-16(8-10-17)15-30-25(32)19-4-1-2-5-21(19)29-26(30)33/h1-14H,15,27H2,(H,28,31)(H,29,33). The minimum absolute atomic E-state index is 0.0940. The number of hydrogen-bond acceptors (Lipinski definition) is 5. The van der Waals surface area contributed by atoms with E-state index in [0.717, 1.165) is 20.6 Å². The summed E-state index contributed by atoms with van der Waals surface area (Å²) in [4.78, 5) is 41.8. The average Bonchev–Trinajstić information content (AvgIpc) is 3.38. The molecule has 0 aliphatic rings. The van der Waals surface area contributed by atoms with Crippen LogP contribution in [-0.2, 0) is 6.54 Å². The van der Waals surface area contributed by atoms with Gasteiger partial charge in [-0.05, 0) is 59.0 Å². The van der Waals surface area contributed by atoms with Gasteiger partial charge in [0, 0.05) is 10.4 Å². The lowest BCUT2D eigenvalue weighted by Crippen LogP contribution is -2.35.